The quantitative estimate of drug-likeness (QED) is 0.145. The van der Waals surface area contributed by atoms with Crippen LogP contribution in [0.3, 0.4) is 0 Å². The molecule has 2 aliphatic carbocycles. The van der Waals surface area contributed by atoms with Crippen LogP contribution in [-0.4, -0.2) is 68.2 Å². The van der Waals surface area contributed by atoms with Gasteiger partial charge in [-0.1, -0.05) is 26.1 Å². The lowest BCUT2D eigenvalue weighted by atomic mass is 9.79. The van der Waals surface area contributed by atoms with Gasteiger partial charge in [-0.25, -0.2) is 9.59 Å². The van der Waals surface area contributed by atoms with Crippen molar-refractivity contribution in [2.75, 3.05) is 13.4 Å². The number of rotatable bonds is 10. The van der Waals surface area contributed by atoms with Crippen LogP contribution in [0.1, 0.15) is 50.5 Å². The Morgan fingerprint density at radius 2 is 1.97 bits per heavy atom. The second-order valence-electron chi connectivity index (χ2n) is 11.3. The maximum Gasteiger partial charge on any atom is 0.336 e. The van der Waals surface area contributed by atoms with Gasteiger partial charge in [-0.2, -0.15) is 11.3 Å². The van der Waals surface area contributed by atoms with E-state index in [0.29, 0.717) is 6.61 Å². The largest absolute Gasteiger partial charge is 0.479 e. The molecule has 2 saturated carbocycles. The summed E-state index contributed by atoms with van der Waals surface area (Å²) in [5.41, 5.74) is -0.690. The molecule has 0 unspecified atom stereocenters. The molecule has 1 aromatic rings. The molecule has 4 rings (SSSR count). The van der Waals surface area contributed by atoms with Crippen molar-refractivity contribution < 1.29 is 38.4 Å². The van der Waals surface area contributed by atoms with Gasteiger partial charge in [0.25, 0.3) is 0 Å². The fraction of sp³-hybridized carbons (Fsp3) is 0.692. The van der Waals surface area contributed by atoms with Gasteiger partial charge in [-0.05, 0) is 47.4 Å². The molecule has 1 saturated heterocycles. The summed E-state index contributed by atoms with van der Waals surface area (Å²) in [4.78, 5) is 25.3. The number of aliphatic carboxylic acids is 1. The van der Waals surface area contributed by atoms with Crippen LogP contribution in [0.15, 0.2) is 22.9 Å². The third-order valence-electron chi connectivity index (χ3n) is 7.15. The Morgan fingerprint density at radius 3 is 2.64 bits per heavy atom. The van der Waals surface area contributed by atoms with Crippen molar-refractivity contribution in [3.05, 3.63) is 28.5 Å². The first-order valence-corrected chi connectivity index (χ1v) is 17.5. The fourth-order valence-electron chi connectivity index (χ4n) is 5.12. The summed E-state index contributed by atoms with van der Waals surface area (Å²) >= 11 is 1.54. The molecule has 1 aliphatic heterocycles. The number of hydrogen-bond donors (Lipinski definition) is 1. The number of carboxylic acid groups (broad SMARTS) is 1. The van der Waals surface area contributed by atoms with Crippen molar-refractivity contribution in [1.29, 1.82) is 0 Å². The van der Waals surface area contributed by atoms with Crippen LogP contribution in [0.5, 0.6) is 0 Å². The zero-order chi connectivity index (χ0) is 25.8. The molecule has 36 heavy (non-hydrogen) atoms. The number of ether oxygens (including phenoxy) is 5. The van der Waals surface area contributed by atoms with Crippen molar-refractivity contribution in [1.82, 2.24) is 0 Å². The third kappa shape index (κ3) is 6.84. The van der Waals surface area contributed by atoms with Crippen molar-refractivity contribution in [3.63, 3.8) is 0 Å². The van der Waals surface area contributed by atoms with E-state index in [2.05, 4.69) is 19.6 Å². The predicted octanol–water partition coefficient (Wildman–Crippen LogP) is 5.06. The number of carbonyl (C=O) groups excluding carboxylic acids is 1. The summed E-state index contributed by atoms with van der Waals surface area (Å²) in [5.74, 6) is -2.41. The molecule has 0 radical (unpaired) electrons. The molecular weight excluding hydrogens is 500 g/mol. The van der Waals surface area contributed by atoms with Crippen LogP contribution in [-0.2, 0) is 33.3 Å². The summed E-state index contributed by atoms with van der Waals surface area (Å²) in [6, 6.07) is 2.86. The zero-order valence-electron chi connectivity index (χ0n) is 21.4. The average molecular weight is 539 g/mol. The monoisotopic (exact) mass is 538 g/mol. The van der Waals surface area contributed by atoms with Crippen LogP contribution >= 0.6 is 11.3 Å². The average Bonchev–Trinajstić information content (AvgIpc) is 3.45. The van der Waals surface area contributed by atoms with E-state index in [-0.39, 0.29) is 19.6 Å². The van der Waals surface area contributed by atoms with E-state index in [4.69, 9.17) is 23.7 Å². The molecule has 3 fully saturated rings. The number of carboxylic acids is 1. The lowest BCUT2D eigenvalue weighted by molar-refractivity contribution is -0.214. The highest BCUT2D eigenvalue weighted by atomic mass is 32.1. The molecule has 4 atom stereocenters. The summed E-state index contributed by atoms with van der Waals surface area (Å²) in [5, 5.41) is 14.1. The standard InChI is InChI=1S/C26H38O8SSi/c1-36(2,3)14-12-30-18-31-25(24(28)29)15-20(32-22(27)8-7-19-9-13-35-17-19)23-21(16-25)33-26(34-23)10-5-4-6-11-26/h7-9,13,17,20-21,23H,4-6,10-12,14-16,18H2,1-3H3,(H,28,29)/b8-7+/t20-,21-,23+,25-/m1/s1. The van der Waals surface area contributed by atoms with Crippen LogP contribution < -0.4 is 0 Å². The zero-order valence-corrected chi connectivity index (χ0v) is 23.2. The topological polar surface area (TPSA) is 101 Å². The van der Waals surface area contributed by atoms with E-state index in [0.717, 1.165) is 43.7 Å². The van der Waals surface area contributed by atoms with Crippen LogP contribution in [0.2, 0.25) is 25.7 Å². The van der Waals surface area contributed by atoms with E-state index in [1.165, 1.54) is 17.4 Å². The van der Waals surface area contributed by atoms with E-state index in [9.17, 15) is 14.7 Å². The lowest BCUT2D eigenvalue weighted by Crippen LogP contribution is -2.57. The highest BCUT2D eigenvalue weighted by molar-refractivity contribution is 7.08. The Balaban J connectivity index is 1.48. The van der Waals surface area contributed by atoms with Gasteiger partial charge in [0.05, 0.1) is 6.10 Å². The Kier molecular flexibility index (Phi) is 8.74. The smallest absolute Gasteiger partial charge is 0.336 e. The maximum atomic E-state index is 12.7. The number of thiophene rings is 1. The first kappa shape index (κ1) is 27.5. The maximum absolute atomic E-state index is 12.7. The van der Waals surface area contributed by atoms with Gasteiger partial charge in [0.1, 0.15) is 19.0 Å². The predicted molar refractivity (Wildman–Crippen MR) is 138 cm³/mol. The highest BCUT2D eigenvalue weighted by Crippen LogP contribution is 2.48. The summed E-state index contributed by atoms with van der Waals surface area (Å²) in [7, 11) is -1.28. The highest BCUT2D eigenvalue weighted by Gasteiger charge is 2.61. The van der Waals surface area contributed by atoms with Gasteiger partial charge >= 0.3 is 11.9 Å². The van der Waals surface area contributed by atoms with Crippen molar-refractivity contribution >= 4 is 37.4 Å². The minimum atomic E-state index is -1.59. The molecule has 10 heteroatoms. The lowest BCUT2D eigenvalue weighted by Gasteiger charge is -2.41. The Morgan fingerprint density at radius 1 is 1.19 bits per heavy atom. The van der Waals surface area contributed by atoms with E-state index in [1.54, 1.807) is 6.08 Å². The number of carbonyl (C=O) groups is 2. The van der Waals surface area contributed by atoms with Crippen LogP contribution in [0.25, 0.3) is 6.08 Å². The number of fused-ring (bicyclic) bond motifs is 1. The SMILES string of the molecule is C[Si](C)(C)CCOCO[C@]1(C(=O)O)C[C@@H](OC(=O)/C=C/c2ccsc2)[C@@H]2OC3(CCCCC3)O[C@@H]2C1. The molecule has 1 aromatic heterocycles. The van der Waals surface area contributed by atoms with Gasteiger partial charge in [0, 0.05) is 46.4 Å². The summed E-state index contributed by atoms with van der Waals surface area (Å²) in [6.45, 7) is 7.13. The molecule has 2 heterocycles. The van der Waals surface area contributed by atoms with Crippen molar-refractivity contribution in [2.24, 2.45) is 0 Å². The van der Waals surface area contributed by atoms with E-state index >= 15 is 0 Å². The molecule has 0 aromatic carbocycles. The van der Waals surface area contributed by atoms with Crippen LogP contribution in [0, 0.1) is 0 Å². The van der Waals surface area contributed by atoms with Crippen molar-refractivity contribution in [2.45, 2.75) is 100 Å². The molecule has 1 spiro atoms. The Labute approximate surface area is 217 Å². The number of hydrogen-bond acceptors (Lipinski definition) is 8. The fourth-order valence-corrected chi connectivity index (χ4v) is 6.51. The summed E-state index contributed by atoms with van der Waals surface area (Å²) < 4.78 is 30.2. The van der Waals surface area contributed by atoms with E-state index < -0.39 is 49.7 Å². The molecule has 3 aliphatic rings. The van der Waals surface area contributed by atoms with E-state index in [1.807, 2.05) is 16.8 Å². The molecule has 1 N–H and O–H groups in total. The second-order valence-corrected chi connectivity index (χ2v) is 17.7. The van der Waals surface area contributed by atoms with Crippen molar-refractivity contribution in [3.8, 4) is 0 Å². The van der Waals surface area contributed by atoms with Gasteiger partial charge in [0.2, 0.25) is 0 Å². The molecule has 0 amide bonds. The second kappa shape index (κ2) is 11.4. The minimum absolute atomic E-state index is 0.0294. The molecule has 8 nitrogen and oxygen atoms in total. The molecule has 0 bridgehead atoms. The van der Waals surface area contributed by atoms with Gasteiger partial charge < -0.3 is 28.8 Å². The number of esters is 1. The van der Waals surface area contributed by atoms with Gasteiger partial charge in [-0.15, -0.1) is 0 Å². The first-order valence-electron chi connectivity index (χ1n) is 12.8. The third-order valence-corrected chi connectivity index (χ3v) is 9.56. The summed E-state index contributed by atoms with van der Waals surface area (Å²) in [6.07, 6.45) is 5.82. The van der Waals surface area contributed by atoms with Gasteiger partial charge in [0.15, 0.2) is 11.4 Å². The minimum Gasteiger partial charge on any atom is -0.479 e. The van der Waals surface area contributed by atoms with Crippen LogP contribution in [0.4, 0.5) is 0 Å². The molecule has 200 valence electrons. The normalized spacial score (nSPS) is 29.9. The first-order chi connectivity index (χ1) is 17.1. The Hall–Kier alpha value is -1.56. The van der Waals surface area contributed by atoms with Gasteiger partial charge in [-0.3, -0.25) is 0 Å². The molecular formula is C26H38O8SSi. The Bertz CT molecular complexity index is 921.